The first-order valence-corrected chi connectivity index (χ1v) is 10.2. The molecule has 0 aliphatic carbocycles. The number of carbonyl (C=O) groups is 4. The predicted octanol–water partition coefficient (Wildman–Crippen LogP) is 3.82. The smallest absolute Gasteiger partial charge is 0.338 e. The average Bonchev–Trinajstić information content (AvgIpc) is 3.08. The Labute approximate surface area is 192 Å². The number of anilines is 2. The molecule has 1 N–H and O–H groups in total. The molecule has 3 amide bonds. The predicted molar refractivity (Wildman–Crippen MR) is 121 cm³/mol. The van der Waals surface area contributed by atoms with E-state index in [1.54, 1.807) is 6.92 Å². The second-order valence-electron chi connectivity index (χ2n) is 7.23. The van der Waals surface area contributed by atoms with E-state index in [4.69, 9.17) is 4.74 Å². The SMILES string of the molecule is CCOC(=O)c1ccc(N2C(=O)c3ccc(NC(=O)c4cccc([N+](=O)[O-])c4)cc3C2=O)cc1. The van der Waals surface area contributed by atoms with Crippen molar-refractivity contribution in [2.45, 2.75) is 6.92 Å². The van der Waals surface area contributed by atoms with Crippen molar-refractivity contribution in [1.29, 1.82) is 0 Å². The first-order chi connectivity index (χ1) is 16.3. The fourth-order valence-electron chi connectivity index (χ4n) is 3.48. The molecule has 0 radical (unpaired) electrons. The molecule has 3 aromatic rings. The fraction of sp³-hybridized carbons (Fsp3) is 0.0833. The molecule has 0 unspecified atom stereocenters. The number of carbonyl (C=O) groups excluding carboxylic acids is 4. The number of nitro groups is 1. The Kier molecular flexibility index (Phi) is 5.88. The summed E-state index contributed by atoms with van der Waals surface area (Å²) in [7, 11) is 0. The molecule has 170 valence electrons. The van der Waals surface area contributed by atoms with Crippen molar-refractivity contribution < 1.29 is 28.8 Å². The number of imide groups is 1. The number of hydrogen-bond donors (Lipinski definition) is 1. The Morgan fingerprint density at radius 3 is 2.32 bits per heavy atom. The fourth-order valence-corrected chi connectivity index (χ4v) is 3.48. The minimum atomic E-state index is -0.607. The first kappa shape index (κ1) is 22.3. The lowest BCUT2D eigenvalue weighted by Gasteiger charge is -2.14. The third kappa shape index (κ3) is 4.11. The minimum absolute atomic E-state index is 0.0698. The van der Waals surface area contributed by atoms with Crippen LogP contribution in [0.4, 0.5) is 17.1 Å². The third-order valence-electron chi connectivity index (χ3n) is 5.10. The van der Waals surface area contributed by atoms with Gasteiger partial charge >= 0.3 is 5.97 Å². The Hall–Kier alpha value is -4.86. The quantitative estimate of drug-likeness (QED) is 0.256. The lowest BCUT2D eigenvalue weighted by molar-refractivity contribution is -0.384. The summed E-state index contributed by atoms with van der Waals surface area (Å²) in [5, 5.41) is 13.5. The van der Waals surface area contributed by atoms with Crippen LogP contribution in [-0.4, -0.2) is 35.2 Å². The standard InChI is InChI=1S/C24H17N3O7/c1-2-34-24(31)14-6-9-17(10-7-14)26-22(29)19-11-8-16(13-20(19)23(26)30)25-21(28)15-4-3-5-18(12-15)27(32)33/h3-13H,2H2,1H3,(H,25,28). The van der Waals surface area contributed by atoms with Crippen LogP contribution in [-0.2, 0) is 4.74 Å². The number of rotatable bonds is 6. The summed E-state index contributed by atoms with van der Waals surface area (Å²) in [6.45, 7) is 1.91. The molecule has 0 bridgehead atoms. The topological polar surface area (TPSA) is 136 Å². The van der Waals surface area contributed by atoms with Crippen LogP contribution in [0.2, 0.25) is 0 Å². The van der Waals surface area contributed by atoms with Crippen molar-refractivity contribution in [3.8, 4) is 0 Å². The Bertz CT molecular complexity index is 1350. The van der Waals surface area contributed by atoms with E-state index in [1.165, 1.54) is 60.7 Å². The average molecular weight is 459 g/mol. The van der Waals surface area contributed by atoms with Crippen molar-refractivity contribution in [2.75, 3.05) is 16.8 Å². The maximum Gasteiger partial charge on any atom is 0.338 e. The van der Waals surface area contributed by atoms with Gasteiger partial charge in [-0.25, -0.2) is 9.69 Å². The summed E-state index contributed by atoms with van der Waals surface area (Å²) in [5.41, 5.74) is 0.905. The molecule has 10 nitrogen and oxygen atoms in total. The van der Waals surface area contributed by atoms with Gasteiger partial charge in [-0.15, -0.1) is 0 Å². The van der Waals surface area contributed by atoms with Gasteiger partial charge in [0, 0.05) is 23.4 Å². The molecule has 0 atom stereocenters. The van der Waals surface area contributed by atoms with E-state index < -0.39 is 28.6 Å². The summed E-state index contributed by atoms with van der Waals surface area (Å²) in [6, 6.07) is 15.3. The zero-order valence-electron chi connectivity index (χ0n) is 17.8. The highest BCUT2D eigenvalue weighted by Gasteiger charge is 2.37. The van der Waals surface area contributed by atoms with Crippen LogP contribution >= 0.6 is 0 Å². The van der Waals surface area contributed by atoms with Gasteiger partial charge in [0.2, 0.25) is 0 Å². The molecule has 10 heteroatoms. The molecule has 0 spiro atoms. The number of ether oxygens (including phenoxy) is 1. The van der Waals surface area contributed by atoms with Crippen molar-refractivity contribution in [3.05, 3.63) is 99.1 Å². The maximum absolute atomic E-state index is 13.0. The number of amides is 3. The van der Waals surface area contributed by atoms with E-state index in [0.717, 1.165) is 11.0 Å². The molecule has 34 heavy (non-hydrogen) atoms. The number of nitro benzene ring substituents is 1. The molecule has 1 heterocycles. The summed E-state index contributed by atoms with van der Waals surface area (Å²) >= 11 is 0. The highest BCUT2D eigenvalue weighted by atomic mass is 16.6. The summed E-state index contributed by atoms with van der Waals surface area (Å²) < 4.78 is 4.93. The highest BCUT2D eigenvalue weighted by molar-refractivity contribution is 6.34. The normalized spacial score (nSPS) is 12.3. The summed E-state index contributed by atoms with van der Waals surface area (Å²) in [4.78, 5) is 61.5. The van der Waals surface area contributed by atoms with Crippen LogP contribution in [0.3, 0.4) is 0 Å². The van der Waals surface area contributed by atoms with Gasteiger partial charge in [0.05, 0.1) is 33.9 Å². The van der Waals surface area contributed by atoms with Crippen LogP contribution in [0.5, 0.6) is 0 Å². The number of benzene rings is 3. The van der Waals surface area contributed by atoms with Gasteiger partial charge in [-0.2, -0.15) is 0 Å². The third-order valence-corrected chi connectivity index (χ3v) is 5.10. The summed E-state index contributed by atoms with van der Waals surface area (Å²) in [6.07, 6.45) is 0. The first-order valence-electron chi connectivity index (χ1n) is 10.2. The maximum atomic E-state index is 13.0. The molecular weight excluding hydrogens is 442 g/mol. The largest absolute Gasteiger partial charge is 0.462 e. The zero-order valence-corrected chi connectivity index (χ0v) is 17.8. The van der Waals surface area contributed by atoms with Gasteiger partial charge in [-0.3, -0.25) is 24.5 Å². The van der Waals surface area contributed by atoms with E-state index in [0.29, 0.717) is 0 Å². The summed E-state index contributed by atoms with van der Waals surface area (Å²) in [5.74, 6) is -2.25. The van der Waals surface area contributed by atoms with Gasteiger partial charge in [0.15, 0.2) is 0 Å². The monoisotopic (exact) mass is 459 g/mol. The van der Waals surface area contributed by atoms with Crippen LogP contribution in [0, 0.1) is 10.1 Å². The van der Waals surface area contributed by atoms with Crippen LogP contribution < -0.4 is 10.2 Å². The van der Waals surface area contributed by atoms with E-state index in [1.807, 2.05) is 0 Å². The van der Waals surface area contributed by atoms with Gasteiger partial charge in [0.1, 0.15) is 0 Å². The van der Waals surface area contributed by atoms with E-state index >= 15 is 0 Å². The van der Waals surface area contributed by atoms with Crippen molar-refractivity contribution >= 4 is 40.8 Å². The number of hydrogen-bond acceptors (Lipinski definition) is 7. The number of nitrogens with one attached hydrogen (secondary N) is 1. The highest BCUT2D eigenvalue weighted by Crippen LogP contribution is 2.30. The molecule has 1 aliphatic heterocycles. The van der Waals surface area contributed by atoms with Gasteiger partial charge in [-0.1, -0.05) is 6.07 Å². The van der Waals surface area contributed by atoms with Crippen LogP contribution in [0.1, 0.15) is 48.4 Å². The van der Waals surface area contributed by atoms with Crippen LogP contribution in [0.25, 0.3) is 0 Å². The second kappa shape index (κ2) is 8.94. The second-order valence-corrected chi connectivity index (χ2v) is 7.23. The Morgan fingerprint density at radius 1 is 0.941 bits per heavy atom. The number of non-ortho nitro benzene ring substituents is 1. The van der Waals surface area contributed by atoms with Crippen molar-refractivity contribution in [3.63, 3.8) is 0 Å². The Balaban J connectivity index is 1.55. The molecule has 0 saturated carbocycles. The number of esters is 1. The molecule has 3 aromatic carbocycles. The van der Waals surface area contributed by atoms with Crippen molar-refractivity contribution in [1.82, 2.24) is 0 Å². The molecule has 4 rings (SSSR count). The van der Waals surface area contributed by atoms with E-state index in [2.05, 4.69) is 5.32 Å². The Morgan fingerprint density at radius 2 is 1.65 bits per heavy atom. The number of nitrogens with zero attached hydrogens (tertiary/aromatic N) is 2. The molecule has 1 aliphatic rings. The molecular formula is C24H17N3O7. The number of fused-ring (bicyclic) bond motifs is 1. The zero-order chi connectivity index (χ0) is 24.4. The van der Waals surface area contributed by atoms with Crippen LogP contribution in [0.15, 0.2) is 66.7 Å². The van der Waals surface area contributed by atoms with Gasteiger partial charge < -0.3 is 10.1 Å². The molecule has 0 fully saturated rings. The van der Waals surface area contributed by atoms with Gasteiger partial charge in [0.25, 0.3) is 23.4 Å². The van der Waals surface area contributed by atoms with E-state index in [9.17, 15) is 29.3 Å². The lowest BCUT2D eigenvalue weighted by atomic mass is 10.1. The molecule has 0 saturated heterocycles. The molecule has 0 aromatic heterocycles. The van der Waals surface area contributed by atoms with E-state index in [-0.39, 0.29) is 45.9 Å². The van der Waals surface area contributed by atoms with Crippen molar-refractivity contribution in [2.24, 2.45) is 0 Å². The van der Waals surface area contributed by atoms with Gasteiger partial charge in [-0.05, 0) is 55.5 Å². The lowest BCUT2D eigenvalue weighted by Crippen LogP contribution is -2.29. The minimum Gasteiger partial charge on any atom is -0.462 e.